The van der Waals surface area contributed by atoms with Crippen molar-refractivity contribution in [2.24, 2.45) is 0 Å². The number of tetrazole rings is 1. The van der Waals surface area contributed by atoms with Crippen molar-refractivity contribution in [3.05, 3.63) is 41.7 Å². The lowest BCUT2D eigenvalue weighted by Crippen LogP contribution is -2.40. The van der Waals surface area contributed by atoms with E-state index in [4.69, 9.17) is 0 Å². The van der Waals surface area contributed by atoms with Crippen molar-refractivity contribution in [1.29, 1.82) is 0 Å². The topological polar surface area (TPSA) is 79.2 Å². The summed E-state index contributed by atoms with van der Waals surface area (Å²) in [6.45, 7) is 7.73. The van der Waals surface area contributed by atoms with Gasteiger partial charge in [-0.3, -0.25) is 14.6 Å². The molecule has 1 fully saturated rings. The van der Waals surface area contributed by atoms with E-state index < -0.39 is 0 Å². The lowest BCUT2D eigenvalue weighted by atomic mass is 10.0. The molecule has 2 aromatic rings. The smallest absolute Gasteiger partial charge is 0.241 e. The summed E-state index contributed by atoms with van der Waals surface area (Å²) in [7, 11) is 2.02. The van der Waals surface area contributed by atoms with Gasteiger partial charge in [-0.1, -0.05) is 43.2 Å². The normalized spacial score (nSPS) is 16.6. The Hall–Kier alpha value is -2.32. The van der Waals surface area contributed by atoms with Crippen LogP contribution < -0.4 is 5.32 Å². The zero-order valence-electron chi connectivity index (χ0n) is 18.5. The van der Waals surface area contributed by atoms with E-state index in [9.17, 15) is 4.79 Å². The first-order valence-electron chi connectivity index (χ1n) is 11.1. The fourth-order valence-corrected chi connectivity index (χ4v) is 3.81. The highest BCUT2D eigenvalue weighted by Crippen LogP contribution is 2.23. The van der Waals surface area contributed by atoms with Gasteiger partial charge in [-0.25, -0.2) is 4.68 Å². The summed E-state index contributed by atoms with van der Waals surface area (Å²) in [5.74, 6) is 0.639. The third-order valence-electron chi connectivity index (χ3n) is 5.93. The maximum atomic E-state index is 12.7. The molecule has 3 rings (SSSR count). The third kappa shape index (κ3) is 6.34. The summed E-state index contributed by atoms with van der Waals surface area (Å²) >= 11 is 0. The van der Waals surface area contributed by atoms with Crippen molar-refractivity contribution in [2.75, 3.05) is 26.7 Å². The fraction of sp³-hybridized carbons (Fsp3) is 0.636. The van der Waals surface area contributed by atoms with Crippen LogP contribution in [-0.4, -0.2) is 68.6 Å². The summed E-state index contributed by atoms with van der Waals surface area (Å²) in [5, 5.41) is 15.0. The summed E-state index contributed by atoms with van der Waals surface area (Å²) < 4.78 is 1.59. The van der Waals surface area contributed by atoms with E-state index in [-0.39, 0.29) is 18.5 Å². The van der Waals surface area contributed by atoms with E-state index in [2.05, 4.69) is 68.8 Å². The largest absolute Gasteiger partial charge is 0.353 e. The summed E-state index contributed by atoms with van der Waals surface area (Å²) in [4.78, 5) is 17.4. The van der Waals surface area contributed by atoms with Crippen molar-refractivity contribution < 1.29 is 4.79 Å². The number of nitrogens with zero attached hydrogens (tertiary/aromatic N) is 6. The Bertz CT molecular complexity index is 769. The molecule has 164 valence electrons. The molecule has 1 saturated heterocycles. The van der Waals surface area contributed by atoms with E-state index in [0.717, 1.165) is 13.1 Å². The third-order valence-corrected chi connectivity index (χ3v) is 5.93. The zero-order valence-corrected chi connectivity index (χ0v) is 18.5. The second-order valence-electron chi connectivity index (χ2n) is 8.44. The summed E-state index contributed by atoms with van der Waals surface area (Å²) in [6, 6.07) is 11.1. The van der Waals surface area contributed by atoms with Gasteiger partial charge in [0.15, 0.2) is 5.82 Å². The Morgan fingerprint density at radius 2 is 1.83 bits per heavy atom. The first kappa shape index (κ1) is 22.4. The van der Waals surface area contributed by atoms with Crippen molar-refractivity contribution in [2.45, 2.75) is 64.7 Å². The molecule has 1 aromatic heterocycles. The van der Waals surface area contributed by atoms with E-state index >= 15 is 0 Å². The van der Waals surface area contributed by atoms with Crippen LogP contribution in [0.3, 0.4) is 0 Å². The molecule has 1 aliphatic rings. The monoisotopic (exact) mass is 413 g/mol. The Kier molecular flexibility index (Phi) is 8.33. The molecule has 0 bridgehead atoms. The second kappa shape index (κ2) is 11.2. The van der Waals surface area contributed by atoms with Gasteiger partial charge in [0, 0.05) is 12.6 Å². The Balaban J connectivity index is 1.62. The highest BCUT2D eigenvalue weighted by molar-refractivity contribution is 5.75. The lowest BCUT2D eigenvalue weighted by molar-refractivity contribution is -0.122. The molecule has 1 aromatic carbocycles. The van der Waals surface area contributed by atoms with Gasteiger partial charge in [-0.05, 0) is 62.8 Å². The van der Waals surface area contributed by atoms with E-state index in [1.807, 2.05) is 13.1 Å². The molecule has 0 spiro atoms. The van der Waals surface area contributed by atoms with E-state index in [1.165, 1.54) is 31.2 Å². The van der Waals surface area contributed by atoms with Crippen LogP contribution in [0.15, 0.2) is 30.3 Å². The van der Waals surface area contributed by atoms with Gasteiger partial charge in [0.05, 0.1) is 12.6 Å². The molecule has 0 aliphatic carbocycles. The number of aromatic nitrogens is 4. The standard InChI is InChI=1S/C22H35N7O/c1-18(2)27(3)16-21-24-25-26-29(21)17-22(30)23-15-20(19-11-7-6-8-12-19)28-13-9-4-5-10-14-28/h6-8,11-12,18,20H,4-5,9-10,13-17H2,1-3H3,(H,23,30). The van der Waals surface area contributed by atoms with Gasteiger partial charge in [0.1, 0.15) is 6.54 Å². The van der Waals surface area contributed by atoms with Crippen LogP contribution in [0.2, 0.25) is 0 Å². The summed E-state index contributed by atoms with van der Waals surface area (Å²) in [6.07, 6.45) is 5.01. The quantitative estimate of drug-likeness (QED) is 0.679. The number of hydrogen-bond acceptors (Lipinski definition) is 6. The fourth-order valence-electron chi connectivity index (χ4n) is 3.81. The lowest BCUT2D eigenvalue weighted by Gasteiger charge is -2.31. The molecule has 8 nitrogen and oxygen atoms in total. The Morgan fingerprint density at radius 1 is 1.13 bits per heavy atom. The molecule has 8 heteroatoms. The van der Waals surface area contributed by atoms with Gasteiger partial charge in [0.2, 0.25) is 5.91 Å². The SMILES string of the molecule is CC(C)N(C)Cc1nnnn1CC(=O)NCC(c1ccccc1)N1CCCCCC1. The minimum absolute atomic E-state index is 0.0634. The van der Waals surface area contributed by atoms with Crippen LogP contribution in [0.1, 0.15) is 57.0 Å². The average Bonchev–Trinajstić information content (AvgIpc) is 2.99. The van der Waals surface area contributed by atoms with Crippen molar-refractivity contribution >= 4 is 5.91 Å². The van der Waals surface area contributed by atoms with Crippen molar-refractivity contribution in [1.82, 2.24) is 35.3 Å². The summed E-state index contributed by atoms with van der Waals surface area (Å²) in [5.41, 5.74) is 1.25. The van der Waals surface area contributed by atoms with Gasteiger partial charge < -0.3 is 5.32 Å². The van der Waals surface area contributed by atoms with Crippen molar-refractivity contribution in [3.8, 4) is 0 Å². The molecular weight excluding hydrogens is 378 g/mol. The van der Waals surface area contributed by atoms with Crippen LogP contribution in [0.25, 0.3) is 0 Å². The molecule has 1 aliphatic heterocycles. The van der Waals surface area contributed by atoms with Gasteiger partial charge in [-0.15, -0.1) is 5.10 Å². The van der Waals surface area contributed by atoms with Gasteiger partial charge in [-0.2, -0.15) is 0 Å². The number of hydrogen-bond donors (Lipinski definition) is 1. The minimum atomic E-state index is -0.0634. The number of carbonyl (C=O) groups is 1. The molecule has 1 amide bonds. The number of likely N-dealkylation sites (tertiary alicyclic amines) is 1. The second-order valence-corrected chi connectivity index (χ2v) is 8.44. The first-order chi connectivity index (χ1) is 14.5. The number of rotatable bonds is 9. The average molecular weight is 414 g/mol. The highest BCUT2D eigenvalue weighted by Gasteiger charge is 2.22. The molecule has 0 saturated carbocycles. The maximum Gasteiger partial charge on any atom is 0.241 e. The van der Waals surface area contributed by atoms with Crippen LogP contribution in [-0.2, 0) is 17.9 Å². The Labute approximate surface area is 179 Å². The predicted molar refractivity (Wildman–Crippen MR) is 117 cm³/mol. The number of amides is 1. The molecule has 1 atom stereocenters. The van der Waals surface area contributed by atoms with Gasteiger partial charge >= 0.3 is 0 Å². The van der Waals surface area contributed by atoms with Gasteiger partial charge in [0.25, 0.3) is 0 Å². The van der Waals surface area contributed by atoms with Crippen LogP contribution in [0.5, 0.6) is 0 Å². The van der Waals surface area contributed by atoms with E-state index in [1.54, 1.807) is 4.68 Å². The molecular formula is C22H35N7O. The number of nitrogens with one attached hydrogen (secondary N) is 1. The predicted octanol–water partition coefficient (Wildman–Crippen LogP) is 2.25. The minimum Gasteiger partial charge on any atom is -0.353 e. The number of carbonyl (C=O) groups excluding carboxylic acids is 1. The molecule has 1 unspecified atom stereocenters. The molecule has 30 heavy (non-hydrogen) atoms. The molecule has 0 radical (unpaired) electrons. The highest BCUT2D eigenvalue weighted by atomic mass is 16.2. The van der Waals surface area contributed by atoms with Crippen LogP contribution in [0.4, 0.5) is 0 Å². The zero-order chi connectivity index (χ0) is 21.3. The number of benzene rings is 1. The van der Waals surface area contributed by atoms with Crippen LogP contribution in [0, 0.1) is 0 Å². The van der Waals surface area contributed by atoms with Crippen molar-refractivity contribution in [3.63, 3.8) is 0 Å². The van der Waals surface area contributed by atoms with Crippen LogP contribution >= 0.6 is 0 Å². The first-order valence-corrected chi connectivity index (χ1v) is 11.1. The molecule has 1 N–H and O–H groups in total. The van der Waals surface area contributed by atoms with E-state index in [0.29, 0.717) is 25.0 Å². The maximum absolute atomic E-state index is 12.7. The molecule has 2 heterocycles. The Morgan fingerprint density at radius 3 is 2.50 bits per heavy atom.